The topological polar surface area (TPSA) is 37.3 Å². The van der Waals surface area contributed by atoms with Crippen LogP contribution in [0, 0.1) is 28.6 Å². The average molecular weight is 302 g/mol. The summed E-state index contributed by atoms with van der Waals surface area (Å²) in [7, 11) is 0. The highest BCUT2D eigenvalue weighted by atomic mass is 16.3. The molecule has 0 saturated heterocycles. The van der Waals surface area contributed by atoms with E-state index in [2.05, 4.69) is 46.8 Å². The number of allylic oxidation sites excluding steroid dienone is 4. The van der Waals surface area contributed by atoms with E-state index in [1.165, 1.54) is 5.57 Å². The number of fused-ring (bicyclic) bond motifs is 2. The molecule has 0 unspecified atom stereocenters. The van der Waals surface area contributed by atoms with E-state index in [0.29, 0.717) is 12.2 Å². The van der Waals surface area contributed by atoms with Crippen molar-refractivity contribution in [1.29, 1.82) is 0 Å². The lowest BCUT2D eigenvalue weighted by Gasteiger charge is -2.41. The van der Waals surface area contributed by atoms with Crippen LogP contribution in [0.4, 0.5) is 0 Å². The van der Waals surface area contributed by atoms with Gasteiger partial charge in [-0.25, -0.2) is 0 Å². The molecule has 3 aliphatic carbocycles. The number of aliphatic hydroxyl groups is 1. The quantitative estimate of drug-likeness (QED) is 0.784. The Kier molecular flexibility index (Phi) is 3.49. The molecule has 0 bridgehead atoms. The summed E-state index contributed by atoms with van der Waals surface area (Å²) in [6.07, 6.45) is 9.71. The van der Waals surface area contributed by atoms with Crippen LogP contribution in [0.25, 0.3) is 0 Å². The van der Waals surface area contributed by atoms with Crippen molar-refractivity contribution in [3.63, 3.8) is 0 Å². The summed E-state index contributed by atoms with van der Waals surface area (Å²) in [6, 6.07) is 0. The number of hydrogen-bond donors (Lipinski definition) is 1. The van der Waals surface area contributed by atoms with Crippen molar-refractivity contribution in [1.82, 2.24) is 0 Å². The molecule has 122 valence electrons. The van der Waals surface area contributed by atoms with Crippen LogP contribution in [0.2, 0.25) is 0 Å². The van der Waals surface area contributed by atoms with Gasteiger partial charge in [0.15, 0.2) is 0 Å². The number of carbonyl (C=O) groups is 1. The Morgan fingerprint density at radius 1 is 1.27 bits per heavy atom. The third kappa shape index (κ3) is 1.99. The normalized spacial score (nSPS) is 48.0. The summed E-state index contributed by atoms with van der Waals surface area (Å²) in [4.78, 5) is 13.1. The standard InChI is InChI=1S/C20H30O2/c1-13(2)20(22)10-9-18(4)12-15-14(3)7-6-8-19(15,5)17(21)11-16(18)20/h6-8,13,15-16,22H,9-12H2,1-5H3/t15-,16-,18-,19+,20-/m1/s1. The van der Waals surface area contributed by atoms with Gasteiger partial charge in [0.05, 0.1) is 11.0 Å². The Labute approximate surface area is 134 Å². The molecule has 2 saturated carbocycles. The minimum Gasteiger partial charge on any atom is -0.389 e. The van der Waals surface area contributed by atoms with E-state index in [-0.39, 0.29) is 28.6 Å². The molecular formula is C20H30O2. The monoisotopic (exact) mass is 302 g/mol. The zero-order chi connectivity index (χ0) is 16.3. The van der Waals surface area contributed by atoms with Crippen LogP contribution < -0.4 is 0 Å². The minimum atomic E-state index is -0.685. The van der Waals surface area contributed by atoms with Gasteiger partial charge in [-0.05, 0) is 50.4 Å². The molecule has 0 heterocycles. The molecule has 0 spiro atoms. The molecule has 2 heteroatoms. The minimum absolute atomic E-state index is 0.0669. The predicted molar refractivity (Wildman–Crippen MR) is 89.4 cm³/mol. The molecule has 5 atom stereocenters. The fourth-order valence-electron chi connectivity index (χ4n) is 5.43. The maximum atomic E-state index is 13.1. The second-order valence-electron chi connectivity index (χ2n) is 8.79. The van der Waals surface area contributed by atoms with Gasteiger partial charge in [-0.1, -0.05) is 44.6 Å². The molecule has 0 amide bonds. The third-order valence-electron chi connectivity index (χ3n) is 7.28. The van der Waals surface area contributed by atoms with Gasteiger partial charge in [0.25, 0.3) is 0 Å². The zero-order valence-corrected chi connectivity index (χ0v) is 14.6. The lowest BCUT2D eigenvalue weighted by Crippen LogP contribution is -2.44. The number of rotatable bonds is 1. The molecule has 0 radical (unpaired) electrons. The zero-order valence-electron chi connectivity index (χ0n) is 14.6. The van der Waals surface area contributed by atoms with Crippen molar-refractivity contribution < 1.29 is 9.90 Å². The van der Waals surface area contributed by atoms with Crippen LogP contribution in [0.15, 0.2) is 23.8 Å². The van der Waals surface area contributed by atoms with Crippen molar-refractivity contribution in [2.75, 3.05) is 0 Å². The highest BCUT2D eigenvalue weighted by molar-refractivity contribution is 5.88. The van der Waals surface area contributed by atoms with E-state index in [9.17, 15) is 9.90 Å². The molecule has 22 heavy (non-hydrogen) atoms. The van der Waals surface area contributed by atoms with Crippen molar-refractivity contribution in [2.24, 2.45) is 28.6 Å². The number of ketones is 1. The van der Waals surface area contributed by atoms with Gasteiger partial charge in [0.2, 0.25) is 0 Å². The second kappa shape index (κ2) is 4.80. The van der Waals surface area contributed by atoms with Crippen molar-refractivity contribution in [3.05, 3.63) is 23.8 Å². The average Bonchev–Trinajstić information content (AvgIpc) is 2.64. The van der Waals surface area contributed by atoms with Crippen molar-refractivity contribution in [2.45, 2.75) is 65.9 Å². The fraction of sp³-hybridized carbons (Fsp3) is 0.750. The third-order valence-corrected chi connectivity index (χ3v) is 7.28. The summed E-state index contributed by atoms with van der Waals surface area (Å²) in [5, 5.41) is 11.3. The molecule has 2 fully saturated rings. The van der Waals surface area contributed by atoms with Gasteiger partial charge in [-0.2, -0.15) is 0 Å². The number of carbonyl (C=O) groups excluding carboxylic acids is 1. The van der Waals surface area contributed by atoms with Gasteiger partial charge < -0.3 is 5.11 Å². The summed E-state index contributed by atoms with van der Waals surface area (Å²) in [5.74, 6) is 0.897. The SMILES string of the molecule is CC1=CC=C[C@]2(C)C(=O)C[C@@H]3[C@](C)(CC[C@@]3(O)C(C)C)C[C@H]12. The van der Waals surface area contributed by atoms with Gasteiger partial charge in [0.1, 0.15) is 5.78 Å². The molecule has 0 aromatic carbocycles. The molecule has 2 nitrogen and oxygen atoms in total. The van der Waals surface area contributed by atoms with Crippen molar-refractivity contribution in [3.8, 4) is 0 Å². The molecule has 3 aliphatic rings. The molecule has 0 aliphatic heterocycles. The Bertz CT molecular complexity index is 558. The number of hydrogen-bond acceptors (Lipinski definition) is 2. The summed E-state index contributed by atoms with van der Waals surface area (Å²) in [6.45, 7) is 10.8. The van der Waals surface area contributed by atoms with E-state index in [1.54, 1.807) is 0 Å². The van der Waals surface area contributed by atoms with E-state index >= 15 is 0 Å². The molecule has 1 N–H and O–H groups in total. The van der Waals surface area contributed by atoms with Crippen LogP contribution in [0.3, 0.4) is 0 Å². The Morgan fingerprint density at radius 3 is 2.59 bits per heavy atom. The predicted octanol–water partition coefficient (Wildman–Crippen LogP) is 4.29. The first-order valence-electron chi connectivity index (χ1n) is 8.75. The molecule has 0 aromatic heterocycles. The first kappa shape index (κ1) is 16.0. The van der Waals surface area contributed by atoms with Crippen molar-refractivity contribution >= 4 is 5.78 Å². The lowest BCUT2D eigenvalue weighted by molar-refractivity contribution is -0.131. The summed E-state index contributed by atoms with van der Waals surface area (Å²) >= 11 is 0. The van der Waals surface area contributed by atoms with E-state index in [0.717, 1.165) is 19.3 Å². The molecular weight excluding hydrogens is 272 g/mol. The maximum Gasteiger partial charge on any atom is 0.143 e. The van der Waals surface area contributed by atoms with Crippen LogP contribution in [-0.4, -0.2) is 16.5 Å². The van der Waals surface area contributed by atoms with Crippen LogP contribution >= 0.6 is 0 Å². The van der Waals surface area contributed by atoms with Gasteiger partial charge in [-0.3, -0.25) is 4.79 Å². The second-order valence-corrected chi connectivity index (χ2v) is 8.79. The van der Waals surface area contributed by atoms with Crippen LogP contribution in [0.1, 0.15) is 60.3 Å². The summed E-state index contributed by atoms with van der Waals surface area (Å²) < 4.78 is 0. The smallest absolute Gasteiger partial charge is 0.143 e. The van der Waals surface area contributed by atoms with E-state index < -0.39 is 5.60 Å². The van der Waals surface area contributed by atoms with E-state index in [1.807, 2.05) is 6.08 Å². The van der Waals surface area contributed by atoms with Crippen LogP contribution in [-0.2, 0) is 4.79 Å². The Morgan fingerprint density at radius 2 is 1.95 bits per heavy atom. The van der Waals surface area contributed by atoms with Gasteiger partial charge >= 0.3 is 0 Å². The highest BCUT2D eigenvalue weighted by Crippen LogP contribution is 2.61. The first-order valence-corrected chi connectivity index (χ1v) is 8.75. The lowest BCUT2D eigenvalue weighted by atomic mass is 9.64. The Balaban J connectivity index is 2.06. The summed E-state index contributed by atoms with van der Waals surface area (Å²) in [5.41, 5.74) is 0.317. The van der Waals surface area contributed by atoms with Gasteiger partial charge in [0, 0.05) is 12.3 Å². The van der Waals surface area contributed by atoms with E-state index in [4.69, 9.17) is 0 Å². The first-order chi connectivity index (χ1) is 10.1. The number of Topliss-reactive ketones (excluding diaryl/α,β-unsaturated/α-hetero) is 1. The molecule has 3 rings (SSSR count). The van der Waals surface area contributed by atoms with Crippen LogP contribution in [0.5, 0.6) is 0 Å². The molecule has 0 aromatic rings. The maximum absolute atomic E-state index is 13.1. The fourth-order valence-corrected chi connectivity index (χ4v) is 5.43. The highest BCUT2D eigenvalue weighted by Gasteiger charge is 2.60. The largest absolute Gasteiger partial charge is 0.389 e. The Hall–Kier alpha value is -0.890. The van der Waals surface area contributed by atoms with Gasteiger partial charge in [-0.15, -0.1) is 0 Å².